The lowest BCUT2D eigenvalue weighted by molar-refractivity contribution is 0.235. The summed E-state index contributed by atoms with van der Waals surface area (Å²) in [5.74, 6) is 0. The van der Waals surface area contributed by atoms with E-state index < -0.39 is 0 Å². The predicted octanol–water partition coefficient (Wildman–Crippen LogP) is 1.22. The second-order valence-electron chi connectivity index (χ2n) is 4.44. The van der Waals surface area contributed by atoms with Crippen molar-refractivity contribution in [3.05, 3.63) is 0 Å². The van der Waals surface area contributed by atoms with E-state index in [-0.39, 0.29) is 0 Å². The number of nitrogens with one attached hydrogen (secondary N) is 1. The van der Waals surface area contributed by atoms with Gasteiger partial charge in [-0.05, 0) is 19.4 Å². The Morgan fingerprint density at radius 1 is 0.867 bits per heavy atom. The third-order valence-electron chi connectivity index (χ3n) is 3.09. The Hall–Kier alpha value is -0.120. The Bertz CT molecular complexity index is 136. The molecule has 90 valence electrons. The van der Waals surface area contributed by atoms with Gasteiger partial charge in [-0.3, -0.25) is 0 Å². The molecule has 3 heteroatoms. The summed E-state index contributed by atoms with van der Waals surface area (Å²) in [7, 11) is 0. The molecule has 0 radical (unpaired) electrons. The predicted molar refractivity (Wildman–Crippen MR) is 64.1 cm³/mol. The summed E-state index contributed by atoms with van der Waals surface area (Å²) in [4.78, 5) is 2.56. The van der Waals surface area contributed by atoms with Gasteiger partial charge in [0.15, 0.2) is 0 Å². The van der Waals surface area contributed by atoms with Crippen molar-refractivity contribution in [2.24, 2.45) is 0 Å². The molecule has 0 spiro atoms. The fourth-order valence-electron chi connectivity index (χ4n) is 2.09. The van der Waals surface area contributed by atoms with E-state index in [2.05, 4.69) is 10.2 Å². The van der Waals surface area contributed by atoms with E-state index in [1.165, 1.54) is 51.7 Å². The van der Waals surface area contributed by atoms with Gasteiger partial charge in [0, 0.05) is 32.8 Å². The summed E-state index contributed by atoms with van der Waals surface area (Å²) < 4.78 is 0. The number of nitrogens with zero attached hydrogens (tertiary/aromatic N) is 1. The van der Waals surface area contributed by atoms with Gasteiger partial charge in [-0.1, -0.05) is 25.7 Å². The standard InChI is InChI=1S/C12H26N2O/c15-12-6-4-2-1-3-5-9-14-10-7-13-8-11-14/h13,15H,1-12H2. The van der Waals surface area contributed by atoms with E-state index in [4.69, 9.17) is 5.11 Å². The minimum Gasteiger partial charge on any atom is -0.396 e. The lowest BCUT2D eigenvalue weighted by Crippen LogP contribution is -2.43. The zero-order valence-electron chi connectivity index (χ0n) is 9.88. The highest BCUT2D eigenvalue weighted by molar-refractivity contribution is 4.67. The number of hydrogen-bond acceptors (Lipinski definition) is 3. The fourth-order valence-corrected chi connectivity index (χ4v) is 2.09. The van der Waals surface area contributed by atoms with E-state index in [0.29, 0.717) is 6.61 Å². The number of piperazine rings is 1. The maximum Gasteiger partial charge on any atom is 0.0431 e. The van der Waals surface area contributed by atoms with E-state index >= 15 is 0 Å². The monoisotopic (exact) mass is 214 g/mol. The van der Waals surface area contributed by atoms with Gasteiger partial charge in [-0.2, -0.15) is 0 Å². The highest BCUT2D eigenvalue weighted by Crippen LogP contribution is 2.06. The molecule has 1 rings (SSSR count). The molecule has 1 saturated heterocycles. The van der Waals surface area contributed by atoms with E-state index in [1.807, 2.05) is 0 Å². The van der Waals surface area contributed by atoms with Crippen LogP contribution < -0.4 is 5.32 Å². The molecule has 0 aromatic rings. The Balaban J connectivity index is 1.79. The van der Waals surface area contributed by atoms with Crippen molar-refractivity contribution in [2.75, 3.05) is 39.3 Å². The van der Waals surface area contributed by atoms with Crippen LogP contribution in [0.5, 0.6) is 0 Å². The molecule has 1 fully saturated rings. The summed E-state index contributed by atoms with van der Waals surface area (Å²) in [6, 6.07) is 0. The molecule has 0 atom stereocenters. The Kier molecular flexibility index (Phi) is 7.88. The molecule has 3 nitrogen and oxygen atoms in total. The molecule has 0 bridgehead atoms. The first-order chi connectivity index (χ1) is 7.43. The Morgan fingerprint density at radius 2 is 1.47 bits per heavy atom. The van der Waals surface area contributed by atoms with Gasteiger partial charge in [0.25, 0.3) is 0 Å². The van der Waals surface area contributed by atoms with Crippen molar-refractivity contribution in [3.8, 4) is 0 Å². The topological polar surface area (TPSA) is 35.5 Å². The van der Waals surface area contributed by atoms with Crippen LogP contribution in [0.1, 0.15) is 38.5 Å². The van der Waals surface area contributed by atoms with Crippen LogP contribution in [0.25, 0.3) is 0 Å². The van der Waals surface area contributed by atoms with Crippen LogP contribution in [0.2, 0.25) is 0 Å². The number of unbranched alkanes of at least 4 members (excludes halogenated alkanes) is 5. The summed E-state index contributed by atoms with van der Waals surface area (Å²) in [5.41, 5.74) is 0. The molecule has 0 amide bonds. The second kappa shape index (κ2) is 9.13. The molecule has 2 N–H and O–H groups in total. The van der Waals surface area contributed by atoms with Gasteiger partial charge in [0.1, 0.15) is 0 Å². The average molecular weight is 214 g/mol. The molecule has 0 aliphatic carbocycles. The lowest BCUT2D eigenvalue weighted by atomic mass is 10.1. The van der Waals surface area contributed by atoms with Gasteiger partial charge in [-0.15, -0.1) is 0 Å². The van der Waals surface area contributed by atoms with Gasteiger partial charge in [0.2, 0.25) is 0 Å². The van der Waals surface area contributed by atoms with E-state index in [9.17, 15) is 0 Å². The molecular formula is C12H26N2O. The average Bonchev–Trinajstić information content (AvgIpc) is 2.29. The quantitative estimate of drug-likeness (QED) is 0.596. The van der Waals surface area contributed by atoms with Crippen LogP contribution in [0.4, 0.5) is 0 Å². The van der Waals surface area contributed by atoms with Gasteiger partial charge in [0.05, 0.1) is 0 Å². The van der Waals surface area contributed by atoms with Crippen LogP contribution in [0, 0.1) is 0 Å². The molecular weight excluding hydrogens is 188 g/mol. The highest BCUT2D eigenvalue weighted by Gasteiger charge is 2.07. The number of hydrogen-bond donors (Lipinski definition) is 2. The van der Waals surface area contributed by atoms with Crippen molar-refractivity contribution in [1.29, 1.82) is 0 Å². The molecule has 0 unspecified atom stereocenters. The first kappa shape index (κ1) is 12.9. The van der Waals surface area contributed by atoms with Crippen molar-refractivity contribution in [3.63, 3.8) is 0 Å². The van der Waals surface area contributed by atoms with Crippen molar-refractivity contribution >= 4 is 0 Å². The zero-order valence-corrected chi connectivity index (χ0v) is 9.88. The molecule has 1 aliphatic rings. The molecule has 15 heavy (non-hydrogen) atoms. The summed E-state index contributed by atoms with van der Waals surface area (Å²) in [6.45, 7) is 6.42. The van der Waals surface area contributed by atoms with Gasteiger partial charge < -0.3 is 15.3 Å². The minimum absolute atomic E-state index is 0.362. The maximum atomic E-state index is 8.63. The van der Waals surface area contributed by atoms with Crippen LogP contribution in [-0.4, -0.2) is 49.3 Å². The summed E-state index contributed by atoms with van der Waals surface area (Å²) >= 11 is 0. The SMILES string of the molecule is OCCCCCCCCN1CCNCC1. The zero-order chi connectivity index (χ0) is 10.8. The van der Waals surface area contributed by atoms with Crippen molar-refractivity contribution in [1.82, 2.24) is 10.2 Å². The van der Waals surface area contributed by atoms with Gasteiger partial charge >= 0.3 is 0 Å². The first-order valence-electron chi connectivity index (χ1n) is 6.47. The van der Waals surface area contributed by atoms with E-state index in [0.717, 1.165) is 19.5 Å². The van der Waals surface area contributed by atoms with Crippen LogP contribution >= 0.6 is 0 Å². The summed E-state index contributed by atoms with van der Waals surface area (Å²) in [6.07, 6.45) is 7.52. The molecule has 1 heterocycles. The van der Waals surface area contributed by atoms with Crippen molar-refractivity contribution in [2.45, 2.75) is 38.5 Å². The Labute approximate surface area is 93.9 Å². The second-order valence-corrected chi connectivity index (χ2v) is 4.44. The Morgan fingerprint density at radius 3 is 2.13 bits per heavy atom. The number of aliphatic hydroxyl groups is 1. The third-order valence-corrected chi connectivity index (χ3v) is 3.09. The number of rotatable bonds is 8. The van der Waals surface area contributed by atoms with Crippen LogP contribution in [0.15, 0.2) is 0 Å². The maximum absolute atomic E-state index is 8.63. The smallest absolute Gasteiger partial charge is 0.0431 e. The highest BCUT2D eigenvalue weighted by atomic mass is 16.2. The lowest BCUT2D eigenvalue weighted by Gasteiger charge is -2.26. The molecule has 0 aromatic heterocycles. The minimum atomic E-state index is 0.362. The van der Waals surface area contributed by atoms with Crippen LogP contribution in [-0.2, 0) is 0 Å². The third kappa shape index (κ3) is 6.88. The van der Waals surface area contributed by atoms with Gasteiger partial charge in [-0.25, -0.2) is 0 Å². The number of aliphatic hydroxyl groups excluding tert-OH is 1. The largest absolute Gasteiger partial charge is 0.396 e. The fraction of sp³-hybridized carbons (Fsp3) is 1.00. The normalized spacial score (nSPS) is 18.2. The molecule has 0 saturated carbocycles. The van der Waals surface area contributed by atoms with Crippen molar-refractivity contribution < 1.29 is 5.11 Å². The molecule has 0 aromatic carbocycles. The first-order valence-corrected chi connectivity index (χ1v) is 6.47. The molecule has 1 aliphatic heterocycles. The van der Waals surface area contributed by atoms with E-state index in [1.54, 1.807) is 0 Å². The van der Waals surface area contributed by atoms with Crippen LogP contribution in [0.3, 0.4) is 0 Å². The summed E-state index contributed by atoms with van der Waals surface area (Å²) in [5, 5.41) is 12.0.